The lowest BCUT2D eigenvalue weighted by Crippen LogP contribution is -2.26. The van der Waals surface area contributed by atoms with E-state index in [9.17, 15) is 0 Å². The van der Waals surface area contributed by atoms with Crippen LogP contribution in [-0.4, -0.2) is 25.8 Å². The molecule has 76 valence electrons. The second-order valence-electron chi connectivity index (χ2n) is 3.12. The summed E-state index contributed by atoms with van der Waals surface area (Å²) in [5.74, 6) is 0. The third-order valence-electron chi connectivity index (χ3n) is 1.75. The summed E-state index contributed by atoms with van der Waals surface area (Å²) in [4.78, 5) is 0. The third-order valence-corrected chi connectivity index (χ3v) is 1.75. The molecule has 13 heavy (non-hydrogen) atoms. The number of hydrogen-bond acceptors (Lipinski definition) is 3. The maximum atomic E-state index is 8.46. The van der Waals surface area contributed by atoms with Crippen molar-refractivity contribution >= 4 is 0 Å². The number of hydrogen-bond donors (Lipinski definition) is 1. The quantitative estimate of drug-likeness (QED) is 0.584. The summed E-state index contributed by atoms with van der Waals surface area (Å²) in [6, 6.07) is 2.08. The molecule has 1 atom stereocenters. The van der Waals surface area contributed by atoms with Gasteiger partial charge in [-0.1, -0.05) is 13.3 Å². The highest BCUT2D eigenvalue weighted by molar-refractivity contribution is 4.84. The Kier molecular flexibility index (Phi) is 9.07. The van der Waals surface area contributed by atoms with Gasteiger partial charge in [0.2, 0.25) is 0 Å². The molecule has 0 fully saturated rings. The van der Waals surface area contributed by atoms with E-state index in [4.69, 9.17) is 10.00 Å². The molecule has 0 rings (SSSR count). The normalized spacial score (nSPS) is 12.4. The average Bonchev–Trinajstić information content (AvgIpc) is 2.16. The van der Waals surface area contributed by atoms with Crippen molar-refractivity contribution in [2.24, 2.45) is 0 Å². The fourth-order valence-electron chi connectivity index (χ4n) is 0.887. The highest BCUT2D eigenvalue weighted by Gasteiger charge is 1.95. The first-order valence-electron chi connectivity index (χ1n) is 5.02. The minimum atomic E-state index is -0.0457. The molecule has 0 spiro atoms. The van der Waals surface area contributed by atoms with Crippen LogP contribution in [0.15, 0.2) is 0 Å². The van der Waals surface area contributed by atoms with Crippen molar-refractivity contribution in [1.82, 2.24) is 5.32 Å². The van der Waals surface area contributed by atoms with Gasteiger partial charge in [-0.25, -0.2) is 0 Å². The predicted octanol–water partition coefficient (Wildman–Crippen LogP) is 1.69. The van der Waals surface area contributed by atoms with Gasteiger partial charge in [-0.3, -0.25) is 0 Å². The van der Waals surface area contributed by atoms with Crippen molar-refractivity contribution in [2.75, 3.05) is 19.8 Å². The van der Waals surface area contributed by atoms with Gasteiger partial charge in [-0.15, -0.1) is 0 Å². The average molecular weight is 184 g/mol. The molecule has 0 aromatic heterocycles. The molecular weight excluding hydrogens is 164 g/mol. The number of nitriles is 1. The minimum Gasteiger partial charge on any atom is -0.381 e. The van der Waals surface area contributed by atoms with E-state index in [-0.39, 0.29) is 6.04 Å². The Labute approximate surface area is 81.1 Å². The Morgan fingerprint density at radius 3 is 2.69 bits per heavy atom. The summed E-state index contributed by atoms with van der Waals surface area (Å²) >= 11 is 0. The maximum Gasteiger partial charge on any atom is 0.0924 e. The molecule has 0 aliphatic heterocycles. The van der Waals surface area contributed by atoms with E-state index in [0.717, 1.165) is 32.6 Å². The number of nitrogens with one attached hydrogen (secondary N) is 1. The van der Waals surface area contributed by atoms with E-state index < -0.39 is 0 Å². The summed E-state index contributed by atoms with van der Waals surface area (Å²) in [7, 11) is 0. The first-order chi connectivity index (χ1) is 6.31. The van der Waals surface area contributed by atoms with E-state index in [1.54, 1.807) is 0 Å². The zero-order valence-corrected chi connectivity index (χ0v) is 8.68. The smallest absolute Gasteiger partial charge is 0.0924 e. The standard InChI is InChI=1S/C10H20N2O/c1-3-4-7-13-8-5-6-12-10(2)9-11/h10,12H,3-8H2,1-2H3. The Hall–Kier alpha value is -0.590. The van der Waals surface area contributed by atoms with E-state index >= 15 is 0 Å². The molecule has 0 aliphatic carbocycles. The molecule has 0 aromatic rings. The van der Waals surface area contributed by atoms with Gasteiger partial charge < -0.3 is 10.1 Å². The molecule has 0 aliphatic rings. The van der Waals surface area contributed by atoms with E-state index in [1.807, 2.05) is 6.92 Å². The maximum absolute atomic E-state index is 8.46. The van der Waals surface area contributed by atoms with Crippen molar-refractivity contribution in [2.45, 2.75) is 39.2 Å². The van der Waals surface area contributed by atoms with Crippen LogP contribution in [0.25, 0.3) is 0 Å². The Morgan fingerprint density at radius 1 is 1.38 bits per heavy atom. The van der Waals surface area contributed by atoms with Crippen molar-refractivity contribution in [3.8, 4) is 6.07 Å². The number of nitrogens with zero attached hydrogens (tertiary/aromatic N) is 1. The van der Waals surface area contributed by atoms with Crippen LogP contribution < -0.4 is 5.32 Å². The predicted molar refractivity (Wildman–Crippen MR) is 53.4 cm³/mol. The van der Waals surface area contributed by atoms with Crippen molar-refractivity contribution in [1.29, 1.82) is 5.26 Å². The van der Waals surface area contributed by atoms with Gasteiger partial charge in [0.25, 0.3) is 0 Å². The summed E-state index contributed by atoms with van der Waals surface area (Å²) in [6.45, 7) is 6.54. The van der Waals surface area contributed by atoms with E-state index in [0.29, 0.717) is 0 Å². The number of rotatable bonds is 8. The van der Waals surface area contributed by atoms with Crippen LogP contribution in [0.2, 0.25) is 0 Å². The lowest BCUT2D eigenvalue weighted by atomic mass is 10.3. The molecule has 0 aromatic carbocycles. The summed E-state index contributed by atoms with van der Waals surface area (Å²) < 4.78 is 5.37. The highest BCUT2D eigenvalue weighted by Crippen LogP contribution is 1.89. The Balaban J connectivity index is 2.96. The van der Waals surface area contributed by atoms with Crippen LogP contribution in [0.3, 0.4) is 0 Å². The van der Waals surface area contributed by atoms with Gasteiger partial charge in [0.15, 0.2) is 0 Å². The summed E-state index contributed by atoms with van der Waals surface area (Å²) in [5, 5.41) is 11.5. The van der Waals surface area contributed by atoms with Gasteiger partial charge in [-0.2, -0.15) is 5.26 Å². The van der Waals surface area contributed by atoms with Gasteiger partial charge in [-0.05, 0) is 26.3 Å². The van der Waals surface area contributed by atoms with Crippen LogP contribution in [-0.2, 0) is 4.74 Å². The molecule has 0 heterocycles. The number of unbranched alkanes of at least 4 members (excludes halogenated alkanes) is 1. The Bertz CT molecular complexity index is 142. The SMILES string of the molecule is CCCCOCCCNC(C)C#N. The molecular formula is C10H20N2O. The highest BCUT2D eigenvalue weighted by atomic mass is 16.5. The topological polar surface area (TPSA) is 45.0 Å². The molecule has 1 N–H and O–H groups in total. The van der Waals surface area contributed by atoms with E-state index in [1.165, 1.54) is 6.42 Å². The molecule has 3 heteroatoms. The molecule has 0 amide bonds. The second kappa shape index (κ2) is 9.50. The van der Waals surface area contributed by atoms with Crippen molar-refractivity contribution < 1.29 is 4.74 Å². The second-order valence-corrected chi connectivity index (χ2v) is 3.12. The lowest BCUT2D eigenvalue weighted by Gasteiger charge is -2.06. The first-order valence-corrected chi connectivity index (χ1v) is 5.02. The fourth-order valence-corrected chi connectivity index (χ4v) is 0.887. The summed E-state index contributed by atoms with van der Waals surface area (Å²) in [5.41, 5.74) is 0. The molecule has 0 saturated carbocycles. The van der Waals surface area contributed by atoms with Crippen LogP contribution >= 0.6 is 0 Å². The Morgan fingerprint density at radius 2 is 2.08 bits per heavy atom. The molecule has 1 unspecified atom stereocenters. The fraction of sp³-hybridized carbons (Fsp3) is 0.900. The van der Waals surface area contributed by atoms with Gasteiger partial charge in [0.05, 0.1) is 12.1 Å². The van der Waals surface area contributed by atoms with Crippen LogP contribution in [0.4, 0.5) is 0 Å². The summed E-state index contributed by atoms with van der Waals surface area (Å²) in [6.07, 6.45) is 3.31. The molecule has 0 bridgehead atoms. The van der Waals surface area contributed by atoms with Crippen LogP contribution in [0, 0.1) is 11.3 Å². The van der Waals surface area contributed by atoms with Crippen molar-refractivity contribution in [3.05, 3.63) is 0 Å². The zero-order chi connectivity index (χ0) is 9.94. The van der Waals surface area contributed by atoms with Crippen molar-refractivity contribution in [3.63, 3.8) is 0 Å². The first kappa shape index (κ1) is 12.4. The van der Waals surface area contributed by atoms with Crippen LogP contribution in [0.5, 0.6) is 0 Å². The molecule has 0 saturated heterocycles. The number of ether oxygens (including phenoxy) is 1. The zero-order valence-electron chi connectivity index (χ0n) is 8.68. The van der Waals surface area contributed by atoms with Gasteiger partial charge >= 0.3 is 0 Å². The largest absolute Gasteiger partial charge is 0.381 e. The minimum absolute atomic E-state index is 0.0457. The molecule has 3 nitrogen and oxygen atoms in total. The lowest BCUT2D eigenvalue weighted by molar-refractivity contribution is 0.128. The third kappa shape index (κ3) is 9.32. The van der Waals surface area contributed by atoms with E-state index in [2.05, 4.69) is 18.3 Å². The van der Waals surface area contributed by atoms with Gasteiger partial charge in [0, 0.05) is 13.2 Å². The molecule has 0 radical (unpaired) electrons. The van der Waals surface area contributed by atoms with Crippen LogP contribution in [0.1, 0.15) is 33.1 Å². The monoisotopic (exact) mass is 184 g/mol. The van der Waals surface area contributed by atoms with Gasteiger partial charge in [0.1, 0.15) is 0 Å².